The number of Topliss-reactive ketones (excluding diaryl/α,β-unsaturated/α-hetero) is 2. The van der Waals surface area contributed by atoms with Crippen molar-refractivity contribution in [3.8, 4) is 10.6 Å². The van der Waals surface area contributed by atoms with Crippen LogP contribution in [-0.2, 0) is 9.59 Å². The fourth-order valence-electron chi connectivity index (χ4n) is 2.83. The number of nitrogens with zero attached hydrogens (tertiary/aromatic N) is 1. The first kappa shape index (κ1) is 15.0. The lowest BCUT2D eigenvalue weighted by atomic mass is 9.88. The molecule has 1 fully saturated rings. The Morgan fingerprint density at radius 3 is 2.41 bits per heavy atom. The van der Waals surface area contributed by atoms with E-state index >= 15 is 0 Å². The molecule has 114 valence electrons. The molecule has 5 heteroatoms. The van der Waals surface area contributed by atoms with Crippen LogP contribution in [0.3, 0.4) is 0 Å². The van der Waals surface area contributed by atoms with E-state index in [1.54, 1.807) is 26.0 Å². The van der Waals surface area contributed by atoms with E-state index in [0.29, 0.717) is 10.7 Å². The third kappa shape index (κ3) is 2.39. The zero-order chi connectivity index (χ0) is 16.1. The smallest absolute Gasteiger partial charge is 0.155 e. The maximum Gasteiger partial charge on any atom is 0.155 e. The molecule has 1 unspecified atom stereocenters. The maximum absolute atomic E-state index is 13.0. The molecular weight excluding hydrogens is 301 g/mol. The van der Waals surface area contributed by atoms with Crippen LogP contribution in [0.25, 0.3) is 10.6 Å². The molecular formula is C17H16FNO2S. The van der Waals surface area contributed by atoms with Crippen molar-refractivity contribution in [3.63, 3.8) is 0 Å². The monoisotopic (exact) mass is 317 g/mol. The Balaban J connectivity index is 2.02. The van der Waals surface area contributed by atoms with Crippen molar-refractivity contribution in [2.24, 2.45) is 5.41 Å². The summed E-state index contributed by atoms with van der Waals surface area (Å²) in [6.07, 6.45) is 0.263. The third-order valence-corrected chi connectivity index (χ3v) is 5.10. The van der Waals surface area contributed by atoms with Crippen LogP contribution >= 0.6 is 11.3 Å². The summed E-state index contributed by atoms with van der Waals surface area (Å²) in [5, 5.41) is 0.706. The van der Waals surface area contributed by atoms with E-state index < -0.39 is 11.3 Å². The number of aryl methyl sites for hydroxylation is 1. The van der Waals surface area contributed by atoms with Crippen molar-refractivity contribution in [3.05, 3.63) is 40.7 Å². The second-order valence-electron chi connectivity index (χ2n) is 6.29. The lowest BCUT2D eigenvalue weighted by Crippen LogP contribution is -2.21. The van der Waals surface area contributed by atoms with E-state index in [1.165, 1.54) is 23.5 Å². The highest BCUT2D eigenvalue weighted by Gasteiger charge is 2.48. The number of aromatic nitrogens is 1. The first-order chi connectivity index (χ1) is 10.3. The topological polar surface area (TPSA) is 47.0 Å². The van der Waals surface area contributed by atoms with E-state index in [2.05, 4.69) is 4.98 Å². The van der Waals surface area contributed by atoms with Gasteiger partial charge >= 0.3 is 0 Å². The first-order valence-electron chi connectivity index (χ1n) is 7.10. The molecule has 0 N–H and O–H groups in total. The van der Waals surface area contributed by atoms with Gasteiger partial charge in [0.2, 0.25) is 0 Å². The third-order valence-electron chi connectivity index (χ3n) is 4.06. The predicted molar refractivity (Wildman–Crippen MR) is 83.4 cm³/mol. The molecule has 0 bridgehead atoms. The van der Waals surface area contributed by atoms with Crippen LogP contribution in [0.1, 0.15) is 36.8 Å². The second kappa shape index (κ2) is 5.09. The Morgan fingerprint density at radius 2 is 1.86 bits per heavy atom. The summed E-state index contributed by atoms with van der Waals surface area (Å²) in [5.41, 5.74) is 0.733. The van der Waals surface area contributed by atoms with Gasteiger partial charge in [-0.1, -0.05) is 13.8 Å². The van der Waals surface area contributed by atoms with Gasteiger partial charge in [0.1, 0.15) is 22.5 Å². The highest BCUT2D eigenvalue weighted by molar-refractivity contribution is 7.15. The van der Waals surface area contributed by atoms with Crippen LogP contribution in [0.15, 0.2) is 24.3 Å². The Morgan fingerprint density at radius 1 is 1.23 bits per heavy atom. The number of benzene rings is 1. The molecule has 1 aliphatic carbocycles. The van der Waals surface area contributed by atoms with Gasteiger partial charge in [-0.3, -0.25) is 9.59 Å². The van der Waals surface area contributed by atoms with Gasteiger partial charge in [-0.25, -0.2) is 9.37 Å². The number of halogens is 1. The minimum atomic E-state index is -0.750. The normalized spacial score (nSPS) is 20.6. The van der Waals surface area contributed by atoms with E-state index in [-0.39, 0.29) is 23.8 Å². The van der Waals surface area contributed by atoms with Crippen LogP contribution in [0.2, 0.25) is 0 Å². The molecule has 22 heavy (non-hydrogen) atoms. The summed E-state index contributed by atoms with van der Waals surface area (Å²) in [7, 11) is 0. The number of thiazole rings is 1. The quantitative estimate of drug-likeness (QED) is 0.789. The van der Waals surface area contributed by atoms with Crippen molar-refractivity contribution >= 4 is 22.9 Å². The summed E-state index contributed by atoms with van der Waals surface area (Å²) in [4.78, 5) is 30.1. The van der Waals surface area contributed by atoms with Crippen molar-refractivity contribution < 1.29 is 14.0 Å². The van der Waals surface area contributed by atoms with Gasteiger partial charge in [-0.05, 0) is 31.2 Å². The average Bonchev–Trinajstić information content (AvgIpc) is 2.89. The van der Waals surface area contributed by atoms with Gasteiger partial charge in [0.25, 0.3) is 0 Å². The van der Waals surface area contributed by atoms with Crippen LogP contribution in [0, 0.1) is 18.2 Å². The Hall–Kier alpha value is -1.88. The molecule has 0 saturated heterocycles. The number of rotatable bonds is 2. The van der Waals surface area contributed by atoms with Gasteiger partial charge in [0, 0.05) is 22.3 Å². The van der Waals surface area contributed by atoms with Gasteiger partial charge in [0.05, 0.1) is 5.69 Å². The molecule has 1 saturated carbocycles. The largest absolute Gasteiger partial charge is 0.298 e. The Kier molecular flexibility index (Phi) is 3.48. The SMILES string of the molecule is Cc1sc(-c2ccc(F)cc2)nc1C1C(=O)CC(C)(C)C1=O. The lowest BCUT2D eigenvalue weighted by molar-refractivity contribution is -0.126. The molecule has 1 atom stereocenters. The fraction of sp³-hybridized carbons (Fsp3) is 0.353. The zero-order valence-corrected chi connectivity index (χ0v) is 13.5. The first-order valence-corrected chi connectivity index (χ1v) is 7.91. The second-order valence-corrected chi connectivity index (χ2v) is 7.49. The highest BCUT2D eigenvalue weighted by atomic mass is 32.1. The average molecular weight is 317 g/mol. The van der Waals surface area contributed by atoms with Crippen LogP contribution in [-0.4, -0.2) is 16.6 Å². The molecule has 1 aromatic carbocycles. The van der Waals surface area contributed by atoms with E-state index in [9.17, 15) is 14.0 Å². The number of hydrogen-bond donors (Lipinski definition) is 0. The van der Waals surface area contributed by atoms with E-state index in [4.69, 9.17) is 0 Å². The molecule has 0 aliphatic heterocycles. The van der Waals surface area contributed by atoms with Crippen LogP contribution in [0.5, 0.6) is 0 Å². The zero-order valence-electron chi connectivity index (χ0n) is 12.6. The summed E-state index contributed by atoms with van der Waals surface area (Å²) in [6.45, 7) is 5.47. The standard InChI is InChI=1S/C17H16FNO2S/c1-9-14(13-12(20)8-17(2,3)15(13)21)19-16(22-9)10-4-6-11(18)7-5-10/h4-7,13H,8H2,1-3H3. The number of ketones is 2. The van der Waals surface area contributed by atoms with Crippen molar-refractivity contribution in [2.45, 2.75) is 33.1 Å². The van der Waals surface area contributed by atoms with E-state index in [0.717, 1.165) is 10.4 Å². The van der Waals surface area contributed by atoms with Gasteiger partial charge in [-0.2, -0.15) is 0 Å². The predicted octanol–water partition coefficient (Wildman–Crippen LogP) is 3.91. The summed E-state index contributed by atoms with van der Waals surface area (Å²) in [6, 6.07) is 6.06. The van der Waals surface area contributed by atoms with Crippen molar-refractivity contribution in [1.82, 2.24) is 4.98 Å². The molecule has 0 spiro atoms. The molecule has 1 aromatic heterocycles. The minimum absolute atomic E-state index is 0.0587. The Labute approximate surface area is 132 Å². The minimum Gasteiger partial charge on any atom is -0.298 e. The van der Waals surface area contributed by atoms with Crippen molar-refractivity contribution in [2.75, 3.05) is 0 Å². The van der Waals surface area contributed by atoms with Crippen LogP contribution in [0.4, 0.5) is 4.39 Å². The molecule has 1 heterocycles. The number of carbonyl (C=O) groups excluding carboxylic acids is 2. The molecule has 2 aromatic rings. The van der Waals surface area contributed by atoms with Crippen molar-refractivity contribution in [1.29, 1.82) is 0 Å². The fourth-order valence-corrected chi connectivity index (χ4v) is 3.79. The number of carbonyl (C=O) groups is 2. The summed E-state index contributed by atoms with van der Waals surface area (Å²) < 4.78 is 13.0. The lowest BCUT2D eigenvalue weighted by Gasteiger charge is -2.13. The molecule has 3 nitrogen and oxygen atoms in total. The van der Waals surface area contributed by atoms with Crippen LogP contribution < -0.4 is 0 Å². The molecule has 0 amide bonds. The molecule has 0 radical (unpaired) electrons. The summed E-state index contributed by atoms with van der Waals surface area (Å²) >= 11 is 1.43. The highest BCUT2D eigenvalue weighted by Crippen LogP contribution is 2.42. The van der Waals surface area contributed by atoms with Gasteiger partial charge in [-0.15, -0.1) is 11.3 Å². The van der Waals surface area contributed by atoms with Gasteiger partial charge < -0.3 is 0 Å². The maximum atomic E-state index is 13.0. The number of hydrogen-bond acceptors (Lipinski definition) is 4. The van der Waals surface area contributed by atoms with E-state index in [1.807, 2.05) is 6.92 Å². The molecule has 3 rings (SSSR count). The van der Waals surface area contributed by atoms with Gasteiger partial charge in [0.15, 0.2) is 5.78 Å². The Bertz CT molecular complexity index is 761. The molecule has 1 aliphatic rings. The summed E-state index contributed by atoms with van der Waals surface area (Å²) in [5.74, 6) is -1.17.